The fourth-order valence-electron chi connectivity index (χ4n) is 3.23. The lowest BCUT2D eigenvalue weighted by molar-refractivity contribution is 0.0923. The number of hydrogen-bond donors (Lipinski definition) is 1. The molecular weight excluding hydrogens is 399 g/mol. The monoisotopic (exact) mass is 418 g/mol. The van der Waals surface area contributed by atoms with Gasteiger partial charge in [-0.05, 0) is 24.6 Å². The number of carbonyl (C=O) groups is 1. The molecule has 4 rings (SSSR count). The number of halogens is 1. The molecule has 0 bridgehead atoms. The Morgan fingerprint density at radius 2 is 1.87 bits per heavy atom. The number of hydrogen-bond acceptors (Lipinski definition) is 5. The zero-order valence-corrected chi connectivity index (χ0v) is 16.6. The molecule has 2 heterocycles. The second-order valence-electron chi connectivity index (χ2n) is 6.92. The molecule has 0 fully saturated rings. The average molecular weight is 418 g/mol. The van der Waals surface area contributed by atoms with Gasteiger partial charge in [0.1, 0.15) is 24.2 Å². The molecule has 2 aromatic heterocycles. The van der Waals surface area contributed by atoms with Gasteiger partial charge in [0.2, 0.25) is 5.43 Å². The van der Waals surface area contributed by atoms with Crippen LogP contribution in [0.1, 0.15) is 27.8 Å². The van der Waals surface area contributed by atoms with Crippen molar-refractivity contribution in [2.75, 3.05) is 0 Å². The van der Waals surface area contributed by atoms with Crippen LogP contribution in [0.5, 0.6) is 0 Å². The van der Waals surface area contributed by atoms with Crippen molar-refractivity contribution in [2.24, 2.45) is 0 Å². The van der Waals surface area contributed by atoms with Crippen LogP contribution in [-0.4, -0.2) is 30.5 Å². The molecule has 4 aromatic rings. The van der Waals surface area contributed by atoms with Crippen molar-refractivity contribution in [1.29, 1.82) is 0 Å². The highest BCUT2D eigenvalue weighted by atomic mass is 19.1. The minimum absolute atomic E-state index is 0.149. The highest BCUT2D eigenvalue weighted by molar-refractivity contribution is 5.92. The molecule has 31 heavy (non-hydrogen) atoms. The third-order valence-corrected chi connectivity index (χ3v) is 4.75. The predicted molar refractivity (Wildman–Crippen MR) is 111 cm³/mol. The Morgan fingerprint density at radius 3 is 2.58 bits per heavy atom. The van der Waals surface area contributed by atoms with E-state index in [2.05, 4.69) is 20.5 Å². The first kappa shape index (κ1) is 20.1. The minimum atomic E-state index is -0.663. The van der Waals surface area contributed by atoms with E-state index in [1.165, 1.54) is 35.5 Å². The minimum Gasteiger partial charge on any atom is -0.342 e. The maximum atomic E-state index is 14.3. The van der Waals surface area contributed by atoms with E-state index in [1.54, 1.807) is 23.7 Å². The van der Waals surface area contributed by atoms with Gasteiger partial charge in [0, 0.05) is 11.8 Å². The highest BCUT2D eigenvalue weighted by Gasteiger charge is 2.21. The molecule has 1 amide bonds. The number of aryl methyl sites for hydroxylation is 1. The van der Waals surface area contributed by atoms with Crippen LogP contribution in [0.3, 0.4) is 0 Å². The Kier molecular flexibility index (Phi) is 5.65. The van der Waals surface area contributed by atoms with Crippen LogP contribution in [0.4, 0.5) is 4.39 Å². The van der Waals surface area contributed by atoms with E-state index >= 15 is 0 Å². The van der Waals surface area contributed by atoms with Gasteiger partial charge >= 0.3 is 0 Å². The number of rotatable bonds is 6. The lowest BCUT2D eigenvalue weighted by Crippen LogP contribution is -2.36. The summed E-state index contributed by atoms with van der Waals surface area (Å²) in [7, 11) is 0. The molecule has 8 nitrogen and oxygen atoms in total. The Morgan fingerprint density at radius 1 is 1.13 bits per heavy atom. The van der Waals surface area contributed by atoms with Crippen LogP contribution < -0.4 is 10.7 Å². The van der Waals surface area contributed by atoms with Crippen LogP contribution in [0.2, 0.25) is 0 Å². The van der Waals surface area contributed by atoms with Crippen LogP contribution in [0, 0.1) is 12.7 Å². The quantitative estimate of drug-likeness (QED) is 0.519. The largest absolute Gasteiger partial charge is 0.342 e. The molecule has 9 heteroatoms. The Balaban J connectivity index is 1.68. The number of carbonyl (C=O) groups excluding carboxylic acids is 1. The SMILES string of the molecule is Cc1cc(=O)c(C(=O)NC(Cn2cncn2)c2ccccc2)nn1-c1ccccc1F. The molecule has 0 radical (unpaired) electrons. The van der Waals surface area contributed by atoms with Crippen molar-refractivity contribution in [1.82, 2.24) is 29.9 Å². The number of nitrogens with one attached hydrogen (secondary N) is 1. The van der Waals surface area contributed by atoms with E-state index in [0.717, 1.165) is 5.56 Å². The van der Waals surface area contributed by atoms with Crippen molar-refractivity contribution < 1.29 is 9.18 Å². The van der Waals surface area contributed by atoms with E-state index < -0.39 is 23.2 Å². The normalized spacial score (nSPS) is 11.8. The second-order valence-corrected chi connectivity index (χ2v) is 6.92. The van der Waals surface area contributed by atoms with Crippen molar-refractivity contribution in [2.45, 2.75) is 19.5 Å². The highest BCUT2D eigenvalue weighted by Crippen LogP contribution is 2.16. The molecule has 0 aliphatic heterocycles. The number of aromatic nitrogens is 5. The smallest absolute Gasteiger partial charge is 0.276 e. The lowest BCUT2D eigenvalue weighted by Gasteiger charge is -2.19. The van der Waals surface area contributed by atoms with Gasteiger partial charge in [0.05, 0.1) is 12.6 Å². The van der Waals surface area contributed by atoms with Gasteiger partial charge in [-0.3, -0.25) is 14.3 Å². The van der Waals surface area contributed by atoms with E-state index in [9.17, 15) is 14.0 Å². The maximum absolute atomic E-state index is 14.3. The van der Waals surface area contributed by atoms with Crippen LogP contribution in [0.15, 0.2) is 78.1 Å². The third-order valence-electron chi connectivity index (χ3n) is 4.75. The Bertz CT molecular complexity index is 1250. The molecular formula is C22H19FN6O2. The molecule has 0 saturated carbocycles. The van der Waals surface area contributed by atoms with E-state index in [4.69, 9.17) is 0 Å². The summed E-state index contributed by atoms with van der Waals surface area (Å²) in [4.78, 5) is 29.5. The van der Waals surface area contributed by atoms with Gasteiger partial charge < -0.3 is 5.32 Å². The Labute approximate surface area is 177 Å². The molecule has 0 aliphatic carbocycles. The fourth-order valence-corrected chi connectivity index (χ4v) is 3.23. The summed E-state index contributed by atoms with van der Waals surface area (Å²) in [6.07, 6.45) is 2.94. The summed E-state index contributed by atoms with van der Waals surface area (Å²) < 4.78 is 17.1. The van der Waals surface area contributed by atoms with E-state index in [1.807, 2.05) is 30.3 Å². The van der Waals surface area contributed by atoms with Gasteiger partial charge in [0.25, 0.3) is 5.91 Å². The topological polar surface area (TPSA) is 94.7 Å². The molecule has 0 spiro atoms. The van der Waals surface area contributed by atoms with Gasteiger partial charge in [-0.2, -0.15) is 10.2 Å². The first-order valence-electron chi connectivity index (χ1n) is 9.57. The molecule has 156 valence electrons. The first-order chi connectivity index (χ1) is 15.0. The standard InChI is InChI=1S/C22H19FN6O2/c1-15-11-20(30)21(27-29(15)19-10-6-5-9-17(19)23)22(31)26-18(12-28-14-24-13-25-28)16-7-3-2-4-8-16/h2-11,13-14,18H,12H2,1H3,(H,26,31). The number of amides is 1. The summed E-state index contributed by atoms with van der Waals surface area (Å²) in [5.74, 6) is -1.18. The summed E-state index contributed by atoms with van der Waals surface area (Å²) in [6.45, 7) is 1.93. The van der Waals surface area contributed by atoms with Crippen LogP contribution in [-0.2, 0) is 6.54 Å². The molecule has 1 atom stereocenters. The predicted octanol–water partition coefficient (Wildman–Crippen LogP) is 2.44. The summed E-state index contributed by atoms with van der Waals surface area (Å²) in [5.41, 5.74) is 0.515. The van der Waals surface area contributed by atoms with Gasteiger partial charge in [0.15, 0.2) is 5.69 Å². The number of nitrogens with zero attached hydrogens (tertiary/aromatic N) is 5. The van der Waals surface area contributed by atoms with Crippen LogP contribution in [0.25, 0.3) is 5.69 Å². The first-order valence-corrected chi connectivity index (χ1v) is 9.57. The van der Waals surface area contributed by atoms with Gasteiger partial charge in [-0.25, -0.2) is 14.1 Å². The zero-order valence-electron chi connectivity index (χ0n) is 16.6. The molecule has 1 N–H and O–H groups in total. The maximum Gasteiger partial charge on any atom is 0.276 e. The van der Waals surface area contributed by atoms with Crippen molar-refractivity contribution in [3.63, 3.8) is 0 Å². The van der Waals surface area contributed by atoms with E-state index in [0.29, 0.717) is 12.2 Å². The Hall–Kier alpha value is -4.14. The summed E-state index contributed by atoms with van der Waals surface area (Å²) in [6, 6.07) is 16.1. The number of benzene rings is 2. The van der Waals surface area contributed by atoms with Gasteiger partial charge in [-0.1, -0.05) is 42.5 Å². The zero-order chi connectivity index (χ0) is 21.8. The summed E-state index contributed by atoms with van der Waals surface area (Å²) >= 11 is 0. The van der Waals surface area contributed by atoms with Crippen LogP contribution >= 0.6 is 0 Å². The third kappa shape index (κ3) is 4.40. The van der Waals surface area contributed by atoms with E-state index in [-0.39, 0.29) is 11.4 Å². The molecule has 1 unspecified atom stereocenters. The second kappa shape index (κ2) is 8.70. The van der Waals surface area contributed by atoms with Crippen molar-refractivity contribution >= 4 is 5.91 Å². The van der Waals surface area contributed by atoms with Crippen molar-refractivity contribution in [3.8, 4) is 5.69 Å². The molecule has 0 saturated heterocycles. The van der Waals surface area contributed by atoms with Gasteiger partial charge in [-0.15, -0.1) is 0 Å². The average Bonchev–Trinajstić information content (AvgIpc) is 3.28. The number of para-hydroxylation sites is 1. The summed E-state index contributed by atoms with van der Waals surface area (Å²) in [5, 5.41) is 11.1. The lowest BCUT2D eigenvalue weighted by atomic mass is 10.1. The fraction of sp³-hybridized carbons (Fsp3) is 0.136. The van der Waals surface area contributed by atoms with Crippen molar-refractivity contribution in [3.05, 3.63) is 106 Å². The molecule has 2 aromatic carbocycles. The molecule has 0 aliphatic rings.